The summed E-state index contributed by atoms with van der Waals surface area (Å²) in [5, 5.41) is 0.158. The topological polar surface area (TPSA) is 77.4 Å². The van der Waals surface area contributed by atoms with Crippen LogP contribution in [0, 0.1) is 0 Å². The fourth-order valence-electron chi connectivity index (χ4n) is 2.08. The van der Waals surface area contributed by atoms with Gasteiger partial charge in [0.25, 0.3) is 0 Å². The Morgan fingerprint density at radius 1 is 1.27 bits per heavy atom. The van der Waals surface area contributed by atoms with E-state index in [9.17, 15) is 0 Å². The van der Waals surface area contributed by atoms with Crippen LogP contribution in [0.25, 0.3) is 12.2 Å². The molecular weight excluding hydrogens is 300 g/mol. The van der Waals surface area contributed by atoms with Gasteiger partial charge < -0.3 is 21.1 Å². The maximum Gasteiger partial charge on any atom is 0.184 e. The normalized spacial score (nSPS) is 16.1. The first kappa shape index (κ1) is 16.0. The fraction of sp³-hybridized carbons (Fsp3) is 0.188. The first-order valence-electron chi connectivity index (χ1n) is 6.79. The summed E-state index contributed by atoms with van der Waals surface area (Å²) >= 11 is 5.51. The predicted octanol–water partition coefficient (Wildman–Crippen LogP) is 2.41. The summed E-state index contributed by atoms with van der Waals surface area (Å²) < 4.78 is 5.56. The van der Waals surface area contributed by atoms with Crippen molar-refractivity contribution in [1.82, 2.24) is 4.98 Å². The second-order valence-corrected chi connectivity index (χ2v) is 5.25. The average Bonchev–Trinajstić information content (AvgIpc) is 2.47. The minimum atomic E-state index is 0.0225. The van der Waals surface area contributed by atoms with Crippen LogP contribution in [0.4, 0.5) is 5.82 Å². The zero-order chi connectivity index (χ0) is 16.1. The molecule has 2 heterocycles. The number of hydrogen-bond donors (Lipinski definition) is 2. The SMILES string of the molecule is C=Cc1ccc(N2CC(O/C(N)=C/C=C(\N)Cl)C2)nc1C=C. The van der Waals surface area contributed by atoms with Crippen LogP contribution in [0.2, 0.25) is 0 Å². The van der Waals surface area contributed by atoms with Gasteiger partial charge in [-0.1, -0.05) is 30.8 Å². The van der Waals surface area contributed by atoms with E-state index in [1.165, 1.54) is 12.2 Å². The molecule has 1 aromatic rings. The number of halogens is 1. The van der Waals surface area contributed by atoms with Crippen LogP contribution < -0.4 is 16.4 Å². The van der Waals surface area contributed by atoms with Gasteiger partial charge in [0.2, 0.25) is 0 Å². The van der Waals surface area contributed by atoms with Gasteiger partial charge in [-0.3, -0.25) is 0 Å². The van der Waals surface area contributed by atoms with E-state index in [1.807, 2.05) is 12.1 Å². The summed E-state index contributed by atoms with van der Waals surface area (Å²) in [6.07, 6.45) is 6.53. The maximum absolute atomic E-state index is 5.72. The molecule has 0 amide bonds. The van der Waals surface area contributed by atoms with E-state index < -0.39 is 0 Å². The number of rotatable bonds is 6. The number of anilines is 1. The Bertz CT molecular complexity index is 629. The van der Waals surface area contributed by atoms with Gasteiger partial charge in [-0.05, 0) is 29.8 Å². The molecule has 2 rings (SSSR count). The number of allylic oxidation sites excluding steroid dienone is 2. The Kier molecular flexibility index (Phi) is 5.12. The van der Waals surface area contributed by atoms with Crippen LogP contribution in [0.15, 0.2) is 48.5 Å². The smallest absolute Gasteiger partial charge is 0.184 e. The lowest BCUT2D eigenvalue weighted by Crippen LogP contribution is -2.53. The van der Waals surface area contributed by atoms with Gasteiger partial charge in [-0.25, -0.2) is 4.98 Å². The molecule has 6 heteroatoms. The Balaban J connectivity index is 1.94. The van der Waals surface area contributed by atoms with Gasteiger partial charge in [0.15, 0.2) is 5.88 Å². The van der Waals surface area contributed by atoms with Crippen LogP contribution in [-0.2, 0) is 4.74 Å². The monoisotopic (exact) mass is 318 g/mol. The maximum atomic E-state index is 5.72. The zero-order valence-electron chi connectivity index (χ0n) is 12.2. The number of hydrogen-bond acceptors (Lipinski definition) is 5. The van der Waals surface area contributed by atoms with Crippen LogP contribution in [0.1, 0.15) is 11.3 Å². The van der Waals surface area contributed by atoms with Gasteiger partial charge in [-0.15, -0.1) is 0 Å². The van der Waals surface area contributed by atoms with Crippen LogP contribution >= 0.6 is 11.6 Å². The van der Waals surface area contributed by atoms with Crippen molar-refractivity contribution in [2.75, 3.05) is 18.0 Å². The van der Waals surface area contributed by atoms with Crippen molar-refractivity contribution in [2.45, 2.75) is 6.10 Å². The molecule has 0 saturated carbocycles. The fourth-order valence-corrected chi connectivity index (χ4v) is 2.14. The molecule has 1 aromatic heterocycles. The third-order valence-electron chi connectivity index (χ3n) is 3.24. The molecule has 0 atom stereocenters. The Labute approximate surface area is 135 Å². The third kappa shape index (κ3) is 3.83. The van der Waals surface area contributed by atoms with Crippen molar-refractivity contribution in [3.05, 3.63) is 59.7 Å². The van der Waals surface area contributed by atoms with Crippen LogP contribution in [-0.4, -0.2) is 24.2 Å². The first-order chi connectivity index (χ1) is 10.5. The van der Waals surface area contributed by atoms with Crippen molar-refractivity contribution in [1.29, 1.82) is 0 Å². The third-order valence-corrected chi connectivity index (χ3v) is 3.36. The van der Waals surface area contributed by atoms with Gasteiger partial charge in [-0.2, -0.15) is 0 Å². The molecule has 22 heavy (non-hydrogen) atoms. The molecular formula is C16H19ClN4O. The highest BCUT2D eigenvalue weighted by Gasteiger charge is 2.29. The standard InChI is InChI=1S/C16H19ClN4O/c1-3-11-5-8-16(20-13(11)4-2)21-9-12(10-21)22-15(19)7-6-14(17)18/h3-8,12H,1-2,9-10,18-19H2/b14-6-,15-7+. The van der Waals surface area contributed by atoms with E-state index in [-0.39, 0.29) is 17.1 Å². The lowest BCUT2D eigenvalue weighted by atomic mass is 10.1. The number of nitrogens with two attached hydrogens (primary N) is 2. The highest BCUT2D eigenvalue weighted by Crippen LogP contribution is 2.23. The Morgan fingerprint density at radius 3 is 2.59 bits per heavy atom. The average molecular weight is 319 g/mol. The zero-order valence-corrected chi connectivity index (χ0v) is 13.0. The van der Waals surface area contributed by atoms with Gasteiger partial charge >= 0.3 is 0 Å². The number of aromatic nitrogens is 1. The van der Waals surface area contributed by atoms with Crippen molar-refractivity contribution >= 4 is 29.6 Å². The summed E-state index contributed by atoms with van der Waals surface area (Å²) in [5.41, 5.74) is 12.8. The molecule has 0 aliphatic carbocycles. The quantitative estimate of drug-likeness (QED) is 0.478. The van der Waals surface area contributed by atoms with E-state index in [0.717, 1.165) is 17.1 Å². The molecule has 1 aliphatic heterocycles. The second-order valence-electron chi connectivity index (χ2n) is 4.82. The van der Waals surface area contributed by atoms with Gasteiger partial charge in [0.1, 0.15) is 11.9 Å². The van der Waals surface area contributed by atoms with Crippen molar-refractivity contribution in [3.63, 3.8) is 0 Å². The number of ether oxygens (including phenoxy) is 1. The number of pyridine rings is 1. The molecule has 0 radical (unpaired) electrons. The van der Waals surface area contributed by atoms with E-state index in [4.69, 9.17) is 27.8 Å². The molecule has 0 spiro atoms. The highest BCUT2D eigenvalue weighted by molar-refractivity contribution is 6.29. The summed E-state index contributed by atoms with van der Waals surface area (Å²) in [5.74, 6) is 1.17. The molecule has 0 unspecified atom stereocenters. The van der Waals surface area contributed by atoms with Crippen molar-refractivity contribution in [3.8, 4) is 0 Å². The van der Waals surface area contributed by atoms with E-state index in [2.05, 4.69) is 23.0 Å². The highest BCUT2D eigenvalue weighted by atomic mass is 35.5. The summed E-state index contributed by atoms with van der Waals surface area (Å²) in [6, 6.07) is 3.93. The molecule has 1 saturated heterocycles. The molecule has 116 valence electrons. The summed E-state index contributed by atoms with van der Waals surface area (Å²) in [7, 11) is 0. The van der Waals surface area contributed by atoms with E-state index in [0.29, 0.717) is 13.1 Å². The van der Waals surface area contributed by atoms with E-state index in [1.54, 1.807) is 12.2 Å². The van der Waals surface area contributed by atoms with Crippen molar-refractivity contribution in [2.24, 2.45) is 11.5 Å². The van der Waals surface area contributed by atoms with E-state index >= 15 is 0 Å². The van der Waals surface area contributed by atoms with Gasteiger partial charge in [0, 0.05) is 6.08 Å². The van der Waals surface area contributed by atoms with Crippen LogP contribution in [0.5, 0.6) is 0 Å². The van der Waals surface area contributed by atoms with Gasteiger partial charge in [0.05, 0.1) is 23.9 Å². The molecule has 4 N–H and O–H groups in total. The lowest BCUT2D eigenvalue weighted by Gasteiger charge is -2.39. The lowest BCUT2D eigenvalue weighted by molar-refractivity contribution is 0.0885. The minimum Gasteiger partial charge on any atom is -0.472 e. The molecule has 0 bridgehead atoms. The molecule has 1 aliphatic rings. The first-order valence-corrected chi connectivity index (χ1v) is 7.17. The molecule has 5 nitrogen and oxygen atoms in total. The summed E-state index contributed by atoms with van der Waals surface area (Å²) in [6.45, 7) is 8.95. The second kappa shape index (κ2) is 7.04. The largest absolute Gasteiger partial charge is 0.472 e. The molecule has 1 fully saturated rings. The van der Waals surface area contributed by atoms with Crippen LogP contribution in [0.3, 0.4) is 0 Å². The minimum absolute atomic E-state index is 0.0225. The summed E-state index contributed by atoms with van der Waals surface area (Å²) in [4.78, 5) is 6.65. The molecule has 0 aromatic carbocycles. The van der Waals surface area contributed by atoms with Crippen molar-refractivity contribution < 1.29 is 4.74 Å². The predicted molar refractivity (Wildman–Crippen MR) is 91.9 cm³/mol. The Hall–Kier alpha value is -2.40. The Morgan fingerprint density at radius 2 is 2.00 bits per heavy atom. The number of nitrogens with zero attached hydrogens (tertiary/aromatic N) is 2.